The number of nitro groups is 1. The van der Waals surface area contributed by atoms with Gasteiger partial charge in [0.15, 0.2) is 15.5 Å². The topological polar surface area (TPSA) is 198 Å². The molecule has 0 aliphatic rings. The molecule has 0 bridgehead atoms. The molecular formula is C20H24BrN5O9S2. The van der Waals surface area contributed by atoms with Crippen LogP contribution in [0.3, 0.4) is 0 Å². The number of hydrogen-bond acceptors (Lipinski definition) is 11. The average Bonchev–Trinajstić information content (AvgIpc) is 2.78. The molecule has 0 aromatic heterocycles. The zero-order chi connectivity index (χ0) is 28.0. The zero-order valence-corrected chi connectivity index (χ0v) is 23.1. The van der Waals surface area contributed by atoms with Gasteiger partial charge < -0.3 is 10.2 Å². The Morgan fingerprint density at radius 1 is 1.16 bits per heavy atom. The van der Waals surface area contributed by atoms with Crippen LogP contribution in [0.15, 0.2) is 49.9 Å². The van der Waals surface area contributed by atoms with Crippen LogP contribution >= 0.6 is 15.9 Å². The van der Waals surface area contributed by atoms with Crippen LogP contribution in [0.2, 0.25) is 0 Å². The highest BCUT2D eigenvalue weighted by atomic mass is 79.9. The van der Waals surface area contributed by atoms with E-state index >= 15 is 0 Å². The fourth-order valence-corrected chi connectivity index (χ4v) is 5.34. The zero-order valence-electron chi connectivity index (χ0n) is 19.9. The second kappa shape index (κ2) is 12.5. The fraction of sp³-hybridized carbons (Fsp3) is 0.350. The highest BCUT2D eigenvalue weighted by Crippen LogP contribution is 2.40. The molecule has 14 nitrogen and oxygen atoms in total. The minimum absolute atomic E-state index is 0.0828. The Balaban J connectivity index is 2.50. The quantitative estimate of drug-likeness (QED) is 0.150. The van der Waals surface area contributed by atoms with Crippen molar-refractivity contribution in [2.24, 2.45) is 10.2 Å². The van der Waals surface area contributed by atoms with E-state index in [0.29, 0.717) is 18.8 Å². The molecule has 17 heteroatoms. The van der Waals surface area contributed by atoms with Gasteiger partial charge in [0.1, 0.15) is 5.69 Å². The summed E-state index contributed by atoms with van der Waals surface area (Å²) in [6.07, 6.45) is 0. The van der Waals surface area contributed by atoms with Crippen LogP contribution in [-0.4, -0.2) is 57.7 Å². The predicted molar refractivity (Wildman–Crippen MR) is 139 cm³/mol. The Morgan fingerprint density at radius 2 is 1.81 bits per heavy atom. The van der Waals surface area contributed by atoms with Gasteiger partial charge in [0.25, 0.3) is 5.69 Å². The number of halogens is 1. The van der Waals surface area contributed by atoms with Crippen LogP contribution in [0.4, 0.5) is 28.4 Å². The number of amides is 1. The normalized spacial score (nSPS) is 12.0. The van der Waals surface area contributed by atoms with E-state index < -0.39 is 48.1 Å². The minimum atomic E-state index is -4.86. The van der Waals surface area contributed by atoms with Crippen molar-refractivity contribution in [3.05, 3.63) is 44.9 Å². The Bertz CT molecular complexity index is 1430. The number of anilines is 2. The van der Waals surface area contributed by atoms with E-state index in [1.54, 1.807) is 18.2 Å². The summed E-state index contributed by atoms with van der Waals surface area (Å²) in [5.74, 6) is -1.25. The van der Waals surface area contributed by atoms with Crippen molar-refractivity contribution in [2.75, 3.05) is 35.7 Å². The smallest absolute Gasteiger partial charge is 0.372 e. The molecule has 0 saturated carbocycles. The summed E-state index contributed by atoms with van der Waals surface area (Å²) in [5.41, 5.74) is 0.337. The minimum Gasteiger partial charge on any atom is -0.372 e. The van der Waals surface area contributed by atoms with E-state index in [1.807, 2.05) is 18.7 Å². The number of nitrogens with zero attached hydrogens (tertiary/aromatic N) is 4. The molecule has 0 spiro atoms. The highest BCUT2D eigenvalue weighted by Gasteiger charge is 2.25. The van der Waals surface area contributed by atoms with E-state index in [-0.39, 0.29) is 21.8 Å². The third-order valence-electron chi connectivity index (χ3n) is 4.83. The van der Waals surface area contributed by atoms with E-state index in [0.717, 1.165) is 17.8 Å². The first-order valence-electron chi connectivity index (χ1n) is 10.6. The largest absolute Gasteiger partial charge is 0.397 e. The molecule has 0 radical (unpaired) electrons. The second-order valence-electron chi connectivity index (χ2n) is 7.35. The number of carbonyl (C=O) groups is 1. The lowest BCUT2D eigenvalue weighted by Gasteiger charge is -2.22. The fourth-order valence-electron chi connectivity index (χ4n) is 3.14. The van der Waals surface area contributed by atoms with Gasteiger partial charge in [-0.25, -0.2) is 12.6 Å². The summed E-state index contributed by atoms with van der Waals surface area (Å²) in [6, 6.07) is 6.82. The van der Waals surface area contributed by atoms with E-state index in [1.165, 1.54) is 6.92 Å². The standard InChI is InChI=1S/C20H24BrN5O9S2/c1-4-25(5-2)14-6-7-17(18(10-14)22-13(3)27)23-24-20-16(21)11-15(12-19(20)26(28)29)36(30,31)9-8-35-37(32,33)34/h6-7,10-12H,4-5,8-9H2,1-3H3,(H,22,27)(H,32,33,34). The number of benzene rings is 2. The van der Waals surface area contributed by atoms with Gasteiger partial charge in [-0.1, -0.05) is 0 Å². The highest BCUT2D eigenvalue weighted by molar-refractivity contribution is 9.10. The molecule has 2 aromatic carbocycles. The van der Waals surface area contributed by atoms with Gasteiger partial charge in [0, 0.05) is 31.8 Å². The number of hydrogen-bond donors (Lipinski definition) is 2. The maximum absolute atomic E-state index is 12.5. The van der Waals surface area contributed by atoms with E-state index in [2.05, 4.69) is 35.7 Å². The van der Waals surface area contributed by atoms with Gasteiger partial charge in [-0.3, -0.25) is 19.5 Å². The van der Waals surface area contributed by atoms with Gasteiger partial charge in [0.2, 0.25) is 5.91 Å². The Kier molecular flexibility index (Phi) is 10.2. The van der Waals surface area contributed by atoms with Crippen molar-refractivity contribution in [3.63, 3.8) is 0 Å². The Hall–Kier alpha value is -2.99. The summed E-state index contributed by atoms with van der Waals surface area (Å²) < 4.78 is 58.8. The third kappa shape index (κ3) is 8.53. The molecule has 0 saturated heterocycles. The van der Waals surface area contributed by atoms with Crippen molar-refractivity contribution < 1.29 is 35.3 Å². The molecule has 2 rings (SSSR count). The van der Waals surface area contributed by atoms with Gasteiger partial charge >= 0.3 is 10.4 Å². The summed E-state index contributed by atoms with van der Waals surface area (Å²) in [5, 5.41) is 22.3. The number of nitro benzene ring substituents is 1. The maximum atomic E-state index is 12.5. The first kappa shape index (κ1) is 30.2. The van der Waals surface area contributed by atoms with Crippen molar-refractivity contribution in [1.82, 2.24) is 0 Å². The van der Waals surface area contributed by atoms with Crippen LogP contribution in [0, 0.1) is 10.1 Å². The summed E-state index contributed by atoms with van der Waals surface area (Å²) >= 11 is 3.07. The molecule has 37 heavy (non-hydrogen) atoms. The average molecular weight is 622 g/mol. The van der Waals surface area contributed by atoms with Crippen LogP contribution in [-0.2, 0) is 29.2 Å². The lowest BCUT2D eigenvalue weighted by molar-refractivity contribution is -0.384. The van der Waals surface area contributed by atoms with E-state index in [4.69, 9.17) is 4.55 Å². The number of rotatable bonds is 12. The lowest BCUT2D eigenvalue weighted by Crippen LogP contribution is -2.21. The maximum Gasteiger partial charge on any atom is 0.397 e. The predicted octanol–water partition coefficient (Wildman–Crippen LogP) is 4.17. The molecule has 0 aliphatic carbocycles. The van der Waals surface area contributed by atoms with E-state index in [9.17, 15) is 31.7 Å². The van der Waals surface area contributed by atoms with Gasteiger partial charge in [0.05, 0.1) is 32.3 Å². The lowest BCUT2D eigenvalue weighted by atomic mass is 10.2. The molecule has 0 unspecified atom stereocenters. The van der Waals surface area contributed by atoms with Gasteiger partial charge in [-0.05, 0) is 54.0 Å². The van der Waals surface area contributed by atoms with Crippen molar-refractivity contribution in [2.45, 2.75) is 25.7 Å². The van der Waals surface area contributed by atoms with Gasteiger partial charge in [-0.2, -0.15) is 8.42 Å². The van der Waals surface area contributed by atoms with Crippen molar-refractivity contribution in [3.8, 4) is 0 Å². The Labute approximate surface area is 221 Å². The Morgan fingerprint density at radius 3 is 2.35 bits per heavy atom. The third-order valence-corrected chi connectivity index (χ3v) is 7.56. The van der Waals surface area contributed by atoms with Crippen LogP contribution in [0.5, 0.6) is 0 Å². The number of carbonyl (C=O) groups excluding carboxylic acids is 1. The molecule has 0 aliphatic heterocycles. The molecule has 2 N–H and O–H groups in total. The first-order chi connectivity index (χ1) is 17.2. The SMILES string of the molecule is CCN(CC)c1ccc(N=Nc2c(Br)cc(S(=O)(=O)CCOS(=O)(=O)O)cc2[N+](=O)[O-])c(NC(C)=O)c1. The first-order valence-corrected chi connectivity index (χ1v) is 14.4. The number of sulfone groups is 1. The number of azo groups is 1. The second-order valence-corrected chi connectivity index (χ2v) is 11.4. The van der Waals surface area contributed by atoms with Crippen LogP contribution in [0.1, 0.15) is 20.8 Å². The van der Waals surface area contributed by atoms with Crippen LogP contribution < -0.4 is 10.2 Å². The van der Waals surface area contributed by atoms with Crippen LogP contribution in [0.25, 0.3) is 0 Å². The monoisotopic (exact) mass is 621 g/mol. The number of nitrogens with one attached hydrogen (secondary N) is 1. The van der Waals surface area contributed by atoms with Gasteiger partial charge in [-0.15, -0.1) is 10.2 Å². The molecule has 0 atom stereocenters. The molecule has 202 valence electrons. The summed E-state index contributed by atoms with van der Waals surface area (Å²) in [7, 11) is -9.10. The molecule has 1 amide bonds. The van der Waals surface area contributed by atoms with Crippen molar-refractivity contribution >= 4 is 70.5 Å². The molecular weight excluding hydrogens is 598 g/mol. The molecule has 0 heterocycles. The molecule has 0 fully saturated rings. The summed E-state index contributed by atoms with van der Waals surface area (Å²) in [6.45, 7) is 5.78. The summed E-state index contributed by atoms with van der Waals surface area (Å²) in [4.78, 5) is 24.1. The molecule has 2 aromatic rings. The van der Waals surface area contributed by atoms with Crippen molar-refractivity contribution in [1.29, 1.82) is 0 Å².